The highest BCUT2D eigenvalue weighted by Gasteiger charge is 2.10. The van der Waals surface area contributed by atoms with Crippen LogP contribution in [0.3, 0.4) is 0 Å². The molecule has 2 N–H and O–H groups in total. The molecule has 0 aliphatic rings. The van der Waals surface area contributed by atoms with E-state index in [0.717, 1.165) is 24.4 Å². The third kappa shape index (κ3) is 4.34. The van der Waals surface area contributed by atoms with E-state index in [9.17, 15) is 4.79 Å². The van der Waals surface area contributed by atoms with Crippen LogP contribution in [0, 0.1) is 6.92 Å². The first-order valence-corrected chi connectivity index (χ1v) is 7.07. The molecule has 7 nitrogen and oxygen atoms in total. The van der Waals surface area contributed by atoms with Crippen molar-refractivity contribution in [1.29, 1.82) is 0 Å². The number of hydrogen-bond acceptors (Lipinski definition) is 3. The summed E-state index contributed by atoms with van der Waals surface area (Å²) in [7, 11) is 1.86. The molecule has 0 unspecified atom stereocenters. The molecule has 0 bridgehead atoms. The Morgan fingerprint density at radius 2 is 2.29 bits per heavy atom. The molecule has 2 amide bonds. The highest BCUT2D eigenvalue weighted by atomic mass is 16.2. The molecule has 0 aromatic carbocycles. The van der Waals surface area contributed by atoms with Crippen LogP contribution in [0.15, 0.2) is 24.8 Å². The Kier molecular flexibility index (Phi) is 4.97. The third-order valence-corrected chi connectivity index (χ3v) is 3.36. The molecular formula is C14H22N6O. The minimum Gasteiger partial charge on any atom is -0.338 e. The first-order valence-electron chi connectivity index (χ1n) is 7.07. The van der Waals surface area contributed by atoms with E-state index in [-0.39, 0.29) is 12.1 Å². The van der Waals surface area contributed by atoms with Crippen LogP contribution in [0.4, 0.5) is 4.79 Å². The normalized spacial score (nSPS) is 12.1. The number of aromatic nitrogens is 4. The Bertz CT molecular complexity index is 588. The van der Waals surface area contributed by atoms with Crippen molar-refractivity contribution < 1.29 is 4.79 Å². The van der Waals surface area contributed by atoms with Crippen LogP contribution in [0.2, 0.25) is 0 Å². The first kappa shape index (κ1) is 15.1. The molecule has 0 spiro atoms. The Morgan fingerprint density at radius 1 is 1.48 bits per heavy atom. The van der Waals surface area contributed by atoms with Crippen molar-refractivity contribution >= 4 is 6.03 Å². The number of amides is 2. The number of nitrogens with one attached hydrogen (secondary N) is 2. The molecule has 0 radical (unpaired) electrons. The Balaban J connectivity index is 1.67. The number of aryl methyl sites for hydroxylation is 3. The molecule has 0 fully saturated rings. The van der Waals surface area contributed by atoms with Gasteiger partial charge in [0.2, 0.25) is 0 Å². The number of hydrogen-bond donors (Lipinski definition) is 2. The minimum atomic E-state index is -0.159. The summed E-state index contributed by atoms with van der Waals surface area (Å²) < 4.78 is 3.79. The van der Waals surface area contributed by atoms with Gasteiger partial charge in [0.05, 0.1) is 12.2 Å². The standard InChI is InChI=1S/C14H22N6O/c1-11(13-9-17-19(3)10-13)18-14(21)16-5-4-7-20-8-6-15-12(20)2/h6,8-11H,4-5,7H2,1-3H3,(H2,16,18,21)/t11-/m0/s1. The average molecular weight is 290 g/mol. The van der Waals surface area contributed by atoms with E-state index in [1.54, 1.807) is 17.1 Å². The van der Waals surface area contributed by atoms with Crippen molar-refractivity contribution in [3.63, 3.8) is 0 Å². The SMILES string of the molecule is Cc1nccn1CCCNC(=O)N[C@@H](C)c1cnn(C)c1. The largest absolute Gasteiger partial charge is 0.338 e. The Labute approximate surface area is 124 Å². The predicted molar refractivity (Wildman–Crippen MR) is 79.7 cm³/mol. The Hall–Kier alpha value is -2.31. The van der Waals surface area contributed by atoms with E-state index in [1.165, 1.54) is 0 Å². The topological polar surface area (TPSA) is 76.8 Å². The highest BCUT2D eigenvalue weighted by molar-refractivity contribution is 5.74. The number of nitrogens with zero attached hydrogens (tertiary/aromatic N) is 4. The molecule has 1 atom stereocenters. The molecule has 0 saturated carbocycles. The summed E-state index contributed by atoms with van der Waals surface area (Å²) in [6.45, 7) is 5.38. The summed E-state index contributed by atoms with van der Waals surface area (Å²) in [5.74, 6) is 0.990. The van der Waals surface area contributed by atoms with Gasteiger partial charge in [0.25, 0.3) is 0 Å². The van der Waals surface area contributed by atoms with E-state index >= 15 is 0 Å². The second-order valence-electron chi connectivity index (χ2n) is 5.09. The van der Waals surface area contributed by atoms with E-state index in [4.69, 9.17) is 0 Å². The molecule has 2 aromatic heterocycles. The molecule has 114 valence electrons. The van der Waals surface area contributed by atoms with Crippen LogP contribution in [-0.2, 0) is 13.6 Å². The van der Waals surface area contributed by atoms with Gasteiger partial charge in [-0.15, -0.1) is 0 Å². The van der Waals surface area contributed by atoms with Crippen molar-refractivity contribution in [3.05, 3.63) is 36.2 Å². The molecule has 21 heavy (non-hydrogen) atoms. The number of carbonyl (C=O) groups excluding carboxylic acids is 1. The Morgan fingerprint density at radius 3 is 2.90 bits per heavy atom. The van der Waals surface area contributed by atoms with Crippen molar-refractivity contribution in [1.82, 2.24) is 30.0 Å². The van der Waals surface area contributed by atoms with Crippen LogP contribution < -0.4 is 10.6 Å². The fourth-order valence-corrected chi connectivity index (χ4v) is 2.09. The van der Waals surface area contributed by atoms with Crippen molar-refractivity contribution in [2.75, 3.05) is 6.54 Å². The minimum absolute atomic E-state index is 0.0606. The lowest BCUT2D eigenvalue weighted by Gasteiger charge is -2.13. The third-order valence-electron chi connectivity index (χ3n) is 3.36. The molecule has 0 aliphatic carbocycles. The fourth-order valence-electron chi connectivity index (χ4n) is 2.09. The lowest BCUT2D eigenvalue weighted by molar-refractivity contribution is 0.237. The summed E-state index contributed by atoms with van der Waals surface area (Å²) in [6, 6.07) is -0.219. The van der Waals surface area contributed by atoms with Gasteiger partial charge in [-0.2, -0.15) is 5.10 Å². The first-order chi connectivity index (χ1) is 10.1. The number of rotatable bonds is 6. The summed E-state index contributed by atoms with van der Waals surface area (Å²) in [6.07, 6.45) is 8.25. The summed E-state index contributed by atoms with van der Waals surface area (Å²) in [5.41, 5.74) is 0.988. The quantitative estimate of drug-likeness (QED) is 0.789. The van der Waals surface area contributed by atoms with Crippen LogP contribution in [-0.4, -0.2) is 31.9 Å². The summed E-state index contributed by atoms with van der Waals surface area (Å²) >= 11 is 0. The maximum atomic E-state index is 11.8. The van der Waals surface area contributed by atoms with Gasteiger partial charge in [-0.1, -0.05) is 0 Å². The molecule has 2 rings (SSSR count). The second-order valence-corrected chi connectivity index (χ2v) is 5.09. The van der Waals surface area contributed by atoms with E-state index < -0.39 is 0 Å². The summed E-state index contributed by atoms with van der Waals surface area (Å²) in [4.78, 5) is 16.0. The number of urea groups is 1. The van der Waals surface area contributed by atoms with Gasteiger partial charge < -0.3 is 15.2 Å². The van der Waals surface area contributed by atoms with E-state index in [1.807, 2.05) is 33.3 Å². The smallest absolute Gasteiger partial charge is 0.315 e. The monoisotopic (exact) mass is 290 g/mol. The predicted octanol–water partition coefficient (Wildman–Crippen LogP) is 1.38. The van der Waals surface area contributed by atoms with Crippen LogP contribution in [0.25, 0.3) is 0 Å². The van der Waals surface area contributed by atoms with Crippen LogP contribution in [0.5, 0.6) is 0 Å². The highest BCUT2D eigenvalue weighted by Crippen LogP contribution is 2.09. The van der Waals surface area contributed by atoms with E-state index in [0.29, 0.717) is 6.54 Å². The van der Waals surface area contributed by atoms with Gasteiger partial charge >= 0.3 is 6.03 Å². The zero-order valence-electron chi connectivity index (χ0n) is 12.7. The molecular weight excluding hydrogens is 268 g/mol. The zero-order chi connectivity index (χ0) is 15.2. The average Bonchev–Trinajstić information content (AvgIpc) is 3.04. The summed E-state index contributed by atoms with van der Waals surface area (Å²) in [5, 5.41) is 9.85. The van der Waals surface area contributed by atoms with Gasteiger partial charge in [0, 0.05) is 44.3 Å². The molecule has 0 aliphatic heterocycles. The van der Waals surface area contributed by atoms with Gasteiger partial charge in [-0.25, -0.2) is 9.78 Å². The van der Waals surface area contributed by atoms with Crippen LogP contribution >= 0.6 is 0 Å². The van der Waals surface area contributed by atoms with Gasteiger partial charge in [0.15, 0.2) is 0 Å². The molecule has 7 heteroatoms. The van der Waals surface area contributed by atoms with Crippen molar-refractivity contribution in [2.24, 2.45) is 7.05 Å². The lowest BCUT2D eigenvalue weighted by atomic mass is 10.2. The van der Waals surface area contributed by atoms with Crippen molar-refractivity contribution in [2.45, 2.75) is 32.9 Å². The number of imidazole rings is 1. The second kappa shape index (κ2) is 6.92. The zero-order valence-corrected chi connectivity index (χ0v) is 12.7. The lowest BCUT2D eigenvalue weighted by Crippen LogP contribution is -2.37. The van der Waals surface area contributed by atoms with Gasteiger partial charge in [0.1, 0.15) is 5.82 Å². The molecule has 2 aromatic rings. The van der Waals surface area contributed by atoms with Gasteiger partial charge in [-0.05, 0) is 20.3 Å². The van der Waals surface area contributed by atoms with Crippen LogP contribution in [0.1, 0.15) is 30.8 Å². The maximum Gasteiger partial charge on any atom is 0.315 e. The fraction of sp³-hybridized carbons (Fsp3) is 0.500. The van der Waals surface area contributed by atoms with Crippen molar-refractivity contribution in [3.8, 4) is 0 Å². The maximum absolute atomic E-state index is 11.8. The van der Waals surface area contributed by atoms with E-state index in [2.05, 4.69) is 25.3 Å². The molecule has 0 saturated heterocycles. The number of carbonyl (C=O) groups is 1. The van der Waals surface area contributed by atoms with Gasteiger partial charge in [-0.3, -0.25) is 4.68 Å². The molecule has 2 heterocycles.